The summed E-state index contributed by atoms with van der Waals surface area (Å²) in [5, 5.41) is 3.06. The van der Waals surface area contributed by atoms with Crippen molar-refractivity contribution in [2.24, 2.45) is 0 Å². The summed E-state index contributed by atoms with van der Waals surface area (Å²) < 4.78 is 1.25. The van der Waals surface area contributed by atoms with Crippen LogP contribution in [0.1, 0.15) is 6.42 Å². The minimum Gasteiger partial charge on any atom is -0.397 e. The molecule has 0 unspecified atom stereocenters. The molecular formula is C13H13ClN4O3. The number of nitrogens with zero attached hydrogens (tertiary/aromatic N) is 1. The average Bonchev–Trinajstić information content (AvgIpc) is 2.42. The monoisotopic (exact) mass is 308 g/mol. The highest BCUT2D eigenvalue weighted by Gasteiger charge is 2.05. The van der Waals surface area contributed by atoms with Gasteiger partial charge in [-0.15, -0.1) is 0 Å². The molecule has 0 saturated carbocycles. The van der Waals surface area contributed by atoms with E-state index in [0.29, 0.717) is 16.4 Å². The van der Waals surface area contributed by atoms with Crippen LogP contribution in [0.4, 0.5) is 11.4 Å². The molecule has 0 aliphatic heterocycles. The number of carbonyl (C=O) groups excluding carboxylic acids is 1. The van der Waals surface area contributed by atoms with E-state index < -0.39 is 11.2 Å². The number of hydrogen-bond acceptors (Lipinski definition) is 4. The first-order valence-corrected chi connectivity index (χ1v) is 6.48. The number of rotatable bonds is 4. The van der Waals surface area contributed by atoms with Crippen molar-refractivity contribution in [3.63, 3.8) is 0 Å². The molecule has 0 aliphatic rings. The Labute approximate surface area is 124 Å². The molecule has 0 radical (unpaired) electrons. The molecule has 0 fully saturated rings. The molecule has 0 aliphatic carbocycles. The summed E-state index contributed by atoms with van der Waals surface area (Å²) in [5.41, 5.74) is 5.50. The number of nitrogen functional groups attached to an aromatic ring is 1. The van der Waals surface area contributed by atoms with Crippen molar-refractivity contribution < 1.29 is 4.79 Å². The Morgan fingerprint density at radius 2 is 2.10 bits per heavy atom. The van der Waals surface area contributed by atoms with Crippen LogP contribution in [-0.4, -0.2) is 15.5 Å². The standard InChI is InChI=1S/C13H13ClN4O3/c14-9-2-1-8(7-10(9)15)16-11(19)3-5-18-6-4-12(20)17-13(18)21/h1-2,4,6-7H,3,5,15H2,(H,16,19)(H,17,20,21). The van der Waals surface area contributed by atoms with Gasteiger partial charge in [0.1, 0.15) is 0 Å². The third-order valence-electron chi connectivity index (χ3n) is 2.76. The third kappa shape index (κ3) is 3.96. The Hall–Kier alpha value is -2.54. The minimum atomic E-state index is -0.550. The van der Waals surface area contributed by atoms with Gasteiger partial charge in [-0.3, -0.25) is 14.6 Å². The molecule has 7 nitrogen and oxygen atoms in total. The van der Waals surface area contributed by atoms with Crippen LogP contribution in [0.5, 0.6) is 0 Å². The Bertz CT molecular complexity index is 781. The van der Waals surface area contributed by atoms with Crippen LogP contribution >= 0.6 is 11.6 Å². The van der Waals surface area contributed by atoms with Crippen LogP contribution < -0.4 is 22.3 Å². The Morgan fingerprint density at radius 3 is 2.76 bits per heavy atom. The maximum atomic E-state index is 11.8. The molecular weight excluding hydrogens is 296 g/mol. The Kier molecular flexibility index (Phi) is 4.44. The smallest absolute Gasteiger partial charge is 0.328 e. The Balaban J connectivity index is 1.97. The van der Waals surface area contributed by atoms with Crippen molar-refractivity contribution in [3.05, 3.63) is 56.3 Å². The lowest BCUT2D eigenvalue weighted by Gasteiger charge is -2.07. The van der Waals surface area contributed by atoms with E-state index in [9.17, 15) is 14.4 Å². The molecule has 1 aromatic heterocycles. The van der Waals surface area contributed by atoms with Crippen LogP contribution in [0.3, 0.4) is 0 Å². The lowest BCUT2D eigenvalue weighted by molar-refractivity contribution is -0.116. The summed E-state index contributed by atoms with van der Waals surface area (Å²) in [4.78, 5) is 36.3. The van der Waals surface area contributed by atoms with E-state index in [1.165, 1.54) is 16.8 Å². The number of aryl methyl sites for hydroxylation is 1. The second-order valence-electron chi connectivity index (χ2n) is 4.34. The number of amides is 1. The number of nitrogens with two attached hydrogens (primary N) is 1. The SMILES string of the molecule is Nc1cc(NC(=O)CCn2ccc(=O)[nH]c2=O)ccc1Cl. The van der Waals surface area contributed by atoms with E-state index in [4.69, 9.17) is 17.3 Å². The molecule has 2 aromatic rings. The van der Waals surface area contributed by atoms with E-state index in [1.54, 1.807) is 18.2 Å². The highest BCUT2D eigenvalue weighted by atomic mass is 35.5. The maximum absolute atomic E-state index is 11.8. The van der Waals surface area contributed by atoms with Crippen molar-refractivity contribution in [1.29, 1.82) is 0 Å². The maximum Gasteiger partial charge on any atom is 0.328 e. The number of halogens is 1. The van der Waals surface area contributed by atoms with Gasteiger partial charge in [-0.1, -0.05) is 11.6 Å². The van der Waals surface area contributed by atoms with Gasteiger partial charge >= 0.3 is 5.69 Å². The van der Waals surface area contributed by atoms with Gasteiger partial charge in [0.2, 0.25) is 5.91 Å². The molecule has 110 valence electrons. The van der Waals surface area contributed by atoms with E-state index in [2.05, 4.69) is 10.3 Å². The lowest BCUT2D eigenvalue weighted by atomic mass is 10.2. The number of H-pyrrole nitrogens is 1. The summed E-state index contributed by atoms with van der Waals surface area (Å²) in [7, 11) is 0. The van der Waals surface area contributed by atoms with Gasteiger partial charge in [0.05, 0.1) is 10.7 Å². The fourth-order valence-electron chi connectivity index (χ4n) is 1.69. The summed E-state index contributed by atoms with van der Waals surface area (Å²) in [6.45, 7) is 0.157. The van der Waals surface area contributed by atoms with Gasteiger partial charge in [-0.05, 0) is 18.2 Å². The zero-order valence-electron chi connectivity index (χ0n) is 10.9. The molecule has 2 rings (SSSR count). The first kappa shape index (κ1) is 14.9. The van der Waals surface area contributed by atoms with Gasteiger partial charge in [-0.2, -0.15) is 0 Å². The number of hydrogen-bond donors (Lipinski definition) is 3. The molecule has 0 spiro atoms. The lowest BCUT2D eigenvalue weighted by Crippen LogP contribution is -2.29. The molecule has 0 atom stereocenters. The van der Waals surface area contributed by atoms with Crippen LogP contribution in [0.2, 0.25) is 5.02 Å². The molecule has 0 bridgehead atoms. The van der Waals surface area contributed by atoms with Crippen molar-refractivity contribution in [2.45, 2.75) is 13.0 Å². The number of aromatic nitrogens is 2. The van der Waals surface area contributed by atoms with E-state index in [-0.39, 0.29) is 18.9 Å². The fraction of sp³-hybridized carbons (Fsp3) is 0.154. The van der Waals surface area contributed by atoms with Gasteiger partial charge < -0.3 is 15.6 Å². The average molecular weight is 309 g/mol. The fourth-order valence-corrected chi connectivity index (χ4v) is 1.80. The van der Waals surface area contributed by atoms with E-state index >= 15 is 0 Å². The number of aromatic amines is 1. The molecule has 8 heteroatoms. The number of carbonyl (C=O) groups is 1. The van der Waals surface area contributed by atoms with Gasteiger partial charge in [-0.25, -0.2) is 4.79 Å². The van der Waals surface area contributed by atoms with Gasteiger partial charge in [0.15, 0.2) is 0 Å². The zero-order chi connectivity index (χ0) is 15.4. The van der Waals surface area contributed by atoms with Crippen molar-refractivity contribution >= 4 is 28.9 Å². The normalized spacial score (nSPS) is 10.3. The van der Waals surface area contributed by atoms with Gasteiger partial charge in [0, 0.05) is 30.9 Å². The van der Waals surface area contributed by atoms with E-state index in [1.807, 2.05) is 0 Å². The van der Waals surface area contributed by atoms with Crippen molar-refractivity contribution in [3.8, 4) is 0 Å². The Morgan fingerprint density at radius 1 is 1.33 bits per heavy atom. The molecule has 1 amide bonds. The molecule has 21 heavy (non-hydrogen) atoms. The highest BCUT2D eigenvalue weighted by molar-refractivity contribution is 6.33. The summed E-state index contributed by atoms with van der Waals surface area (Å²) >= 11 is 5.78. The first-order chi connectivity index (χ1) is 9.95. The largest absolute Gasteiger partial charge is 0.397 e. The minimum absolute atomic E-state index is 0.0779. The van der Waals surface area contributed by atoms with Crippen LogP contribution in [-0.2, 0) is 11.3 Å². The highest BCUT2D eigenvalue weighted by Crippen LogP contribution is 2.22. The quantitative estimate of drug-likeness (QED) is 0.726. The predicted molar refractivity (Wildman–Crippen MR) is 80.4 cm³/mol. The summed E-state index contributed by atoms with van der Waals surface area (Å²) in [6.07, 6.45) is 1.42. The van der Waals surface area contributed by atoms with Gasteiger partial charge in [0.25, 0.3) is 5.56 Å². The number of nitrogens with one attached hydrogen (secondary N) is 2. The third-order valence-corrected chi connectivity index (χ3v) is 3.10. The van der Waals surface area contributed by atoms with E-state index in [0.717, 1.165) is 0 Å². The second-order valence-corrected chi connectivity index (χ2v) is 4.75. The summed E-state index contributed by atoms with van der Waals surface area (Å²) in [5.74, 6) is -0.283. The molecule has 0 saturated heterocycles. The number of benzene rings is 1. The van der Waals surface area contributed by atoms with Crippen molar-refractivity contribution in [1.82, 2.24) is 9.55 Å². The van der Waals surface area contributed by atoms with Crippen molar-refractivity contribution in [2.75, 3.05) is 11.1 Å². The number of anilines is 2. The molecule has 1 heterocycles. The summed E-state index contributed by atoms with van der Waals surface area (Å²) in [6, 6.07) is 5.98. The topological polar surface area (TPSA) is 110 Å². The molecule has 1 aromatic carbocycles. The second kappa shape index (κ2) is 6.27. The first-order valence-electron chi connectivity index (χ1n) is 6.10. The molecule has 4 N–H and O–H groups in total. The predicted octanol–water partition coefficient (Wildman–Crippen LogP) is 0.801. The van der Waals surface area contributed by atoms with Crippen LogP contribution in [0.25, 0.3) is 0 Å². The van der Waals surface area contributed by atoms with Crippen LogP contribution in [0, 0.1) is 0 Å². The van der Waals surface area contributed by atoms with Crippen LogP contribution in [0.15, 0.2) is 40.1 Å². The zero-order valence-corrected chi connectivity index (χ0v) is 11.7.